The second-order valence-electron chi connectivity index (χ2n) is 3.90. The SMILES string of the molecule is COCOc1ccccc1-c1cc(Cl)ccc1C=O. The van der Waals surface area contributed by atoms with Crippen molar-refractivity contribution in [1.82, 2.24) is 0 Å². The van der Waals surface area contributed by atoms with Crippen LogP contribution in [0.5, 0.6) is 5.75 Å². The summed E-state index contributed by atoms with van der Waals surface area (Å²) in [5.41, 5.74) is 2.12. The van der Waals surface area contributed by atoms with Gasteiger partial charge in [-0.05, 0) is 29.8 Å². The Balaban J connectivity index is 2.51. The molecule has 0 aliphatic rings. The van der Waals surface area contributed by atoms with Crippen LogP contribution in [0.4, 0.5) is 0 Å². The summed E-state index contributed by atoms with van der Waals surface area (Å²) in [4.78, 5) is 11.1. The predicted molar refractivity (Wildman–Crippen MR) is 74.8 cm³/mol. The third-order valence-corrected chi connectivity index (χ3v) is 2.89. The van der Waals surface area contributed by atoms with Gasteiger partial charge in [0, 0.05) is 23.3 Å². The van der Waals surface area contributed by atoms with Crippen LogP contribution in [-0.4, -0.2) is 20.2 Å². The van der Waals surface area contributed by atoms with Crippen LogP contribution in [0.25, 0.3) is 11.1 Å². The Labute approximate surface area is 116 Å². The third kappa shape index (κ3) is 3.13. The number of halogens is 1. The van der Waals surface area contributed by atoms with E-state index in [0.717, 1.165) is 17.4 Å². The van der Waals surface area contributed by atoms with Crippen molar-refractivity contribution in [2.45, 2.75) is 0 Å². The molecule has 0 amide bonds. The lowest BCUT2D eigenvalue weighted by atomic mass is 9.99. The van der Waals surface area contributed by atoms with Gasteiger partial charge in [0.1, 0.15) is 5.75 Å². The minimum atomic E-state index is 0.147. The zero-order chi connectivity index (χ0) is 13.7. The molecule has 0 aliphatic heterocycles. The Morgan fingerprint density at radius 3 is 2.68 bits per heavy atom. The molecule has 2 rings (SSSR count). The minimum Gasteiger partial charge on any atom is -0.467 e. The van der Waals surface area contributed by atoms with Gasteiger partial charge in [-0.2, -0.15) is 0 Å². The highest BCUT2D eigenvalue weighted by Crippen LogP contribution is 2.33. The van der Waals surface area contributed by atoms with Gasteiger partial charge in [0.25, 0.3) is 0 Å². The Morgan fingerprint density at radius 1 is 1.16 bits per heavy atom. The molecule has 0 spiro atoms. The first-order valence-corrected chi connectivity index (χ1v) is 6.10. The van der Waals surface area contributed by atoms with Crippen molar-refractivity contribution in [3.8, 4) is 16.9 Å². The molecule has 0 unspecified atom stereocenters. The lowest BCUT2D eigenvalue weighted by Gasteiger charge is -2.12. The molecule has 0 saturated heterocycles. The minimum absolute atomic E-state index is 0.147. The van der Waals surface area contributed by atoms with Gasteiger partial charge in [-0.1, -0.05) is 29.8 Å². The normalized spacial score (nSPS) is 10.2. The molecule has 3 nitrogen and oxygen atoms in total. The van der Waals surface area contributed by atoms with Crippen LogP contribution in [0.3, 0.4) is 0 Å². The number of benzene rings is 2. The van der Waals surface area contributed by atoms with E-state index in [-0.39, 0.29) is 6.79 Å². The zero-order valence-corrected chi connectivity index (χ0v) is 11.2. The molecular formula is C15H13ClO3. The zero-order valence-electron chi connectivity index (χ0n) is 10.4. The highest BCUT2D eigenvalue weighted by atomic mass is 35.5. The van der Waals surface area contributed by atoms with Crippen LogP contribution in [0.1, 0.15) is 10.4 Å². The predicted octanol–water partition coefficient (Wildman–Crippen LogP) is 3.80. The molecule has 0 aromatic heterocycles. The Kier molecular flexibility index (Phi) is 4.55. The molecular weight excluding hydrogens is 264 g/mol. The van der Waals surface area contributed by atoms with Crippen molar-refractivity contribution in [3.63, 3.8) is 0 Å². The second kappa shape index (κ2) is 6.36. The summed E-state index contributed by atoms with van der Waals surface area (Å²) in [6.45, 7) is 0.147. The van der Waals surface area contributed by atoms with Gasteiger partial charge in [-0.15, -0.1) is 0 Å². The first kappa shape index (κ1) is 13.6. The number of aldehydes is 1. The van der Waals surface area contributed by atoms with Crippen molar-refractivity contribution >= 4 is 17.9 Å². The van der Waals surface area contributed by atoms with Gasteiger partial charge in [-0.25, -0.2) is 0 Å². The van der Waals surface area contributed by atoms with E-state index < -0.39 is 0 Å². The first-order valence-electron chi connectivity index (χ1n) is 5.72. The van der Waals surface area contributed by atoms with E-state index in [0.29, 0.717) is 16.3 Å². The summed E-state index contributed by atoms with van der Waals surface area (Å²) in [5, 5.41) is 0.571. The van der Waals surface area contributed by atoms with Gasteiger partial charge in [0.05, 0.1) is 0 Å². The molecule has 0 N–H and O–H groups in total. The summed E-state index contributed by atoms with van der Waals surface area (Å²) >= 11 is 6.00. The average molecular weight is 277 g/mol. The third-order valence-electron chi connectivity index (χ3n) is 2.65. The molecule has 0 saturated carbocycles. The fourth-order valence-corrected chi connectivity index (χ4v) is 1.97. The van der Waals surface area contributed by atoms with Crippen LogP contribution in [0.15, 0.2) is 42.5 Å². The van der Waals surface area contributed by atoms with Gasteiger partial charge in [-0.3, -0.25) is 4.79 Å². The van der Waals surface area contributed by atoms with Gasteiger partial charge in [0.2, 0.25) is 0 Å². The van der Waals surface area contributed by atoms with Crippen molar-refractivity contribution in [2.24, 2.45) is 0 Å². The molecule has 0 fully saturated rings. The second-order valence-corrected chi connectivity index (χ2v) is 4.33. The highest BCUT2D eigenvalue weighted by Gasteiger charge is 2.10. The van der Waals surface area contributed by atoms with Crippen molar-refractivity contribution in [2.75, 3.05) is 13.9 Å². The molecule has 0 atom stereocenters. The average Bonchev–Trinajstić information content (AvgIpc) is 2.45. The summed E-state index contributed by atoms with van der Waals surface area (Å²) in [7, 11) is 1.55. The summed E-state index contributed by atoms with van der Waals surface area (Å²) in [6, 6.07) is 12.6. The summed E-state index contributed by atoms with van der Waals surface area (Å²) in [6.07, 6.45) is 0.804. The standard InChI is InChI=1S/C15H13ClO3/c1-18-10-19-15-5-3-2-4-13(15)14-8-12(16)7-6-11(14)9-17/h2-9H,10H2,1H3. The molecule has 0 heterocycles. The van der Waals surface area contributed by atoms with Gasteiger partial charge >= 0.3 is 0 Å². The molecule has 0 aliphatic carbocycles. The Bertz CT molecular complexity index is 581. The maximum Gasteiger partial charge on any atom is 0.188 e. The van der Waals surface area contributed by atoms with Crippen LogP contribution in [0, 0.1) is 0 Å². The Morgan fingerprint density at radius 2 is 1.95 bits per heavy atom. The quantitative estimate of drug-likeness (QED) is 0.615. The molecule has 0 radical (unpaired) electrons. The van der Waals surface area contributed by atoms with Crippen LogP contribution >= 0.6 is 11.6 Å². The van der Waals surface area contributed by atoms with E-state index in [9.17, 15) is 4.79 Å². The monoisotopic (exact) mass is 276 g/mol. The molecule has 98 valence electrons. The van der Waals surface area contributed by atoms with Crippen molar-refractivity contribution in [1.29, 1.82) is 0 Å². The van der Waals surface area contributed by atoms with Crippen LogP contribution in [0.2, 0.25) is 5.02 Å². The highest BCUT2D eigenvalue weighted by molar-refractivity contribution is 6.31. The number of methoxy groups -OCH3 is 1. The van der Waals surface area contributed by atoms with Gasteiger partial charge in [0.15, 0.2) is 13.1 Å². The summed E-state index contributed by atoms with van der Waals surface area (Å²) < 4.78 is 10.4. The fraction of sp³-hybridized carbons (Fsp3) is 0.133. The smallest absolute Gasteiger partial charge is 0.188 e. The number of carbonyl (C=O) groups excluding carboxylic acids is 1. The van der Waals surface area contributed by atoms with Crippen molar-refractivity contribution in [3.05, 3.63) is 53.1 Å². The van der Waals surface area contributed by atoms with Gasteiger partial charge < -0.3 is 9.47 Å². The molecule has 2 aromatic carbocycles. The fourth-order valence-electron chi connectivity index (χ4n) is 1.80. The van der Waals surface area contributed by atoms with E-state index in [4.69, 9.17) is 21.1 Å². The number of hydrogen-bond acceptors (Lipinski definition) is 3. The first-order chi connectivity index (χ1) is 9.26. The van der Waals surface area contributed by atoms with E-state index in [1.165, 1.54) is 0 Å². The van der Waals surface area contributed by atoms with Crippen LogP contribution in [-0.2, 0) is 4.74 Å². The lowest BCUT2D eigenvalue weighted by Crippen LogP contribution is -2.00. The van der Waals surface area contributed by atoms with E-state index in [2.05, 4.69) is 0 Å². The molecule has 0 bridgehead atoms. The number of ether oxygens (including phenoxy) is 2. The number of para-hydroxylation sites is 1. The number of carbonyl (C=O) groups is 1. The molecule has 19 heavy (non-hydrogen) atoms. The summed E-state index contributed by atoms with van der Waals surface area (Å²) in [5.74, 6) is 0.648. The molecule has 2 aromatic rings. The lowest BCUT2D eigenvalue weighted by molar-refractivity contribution is 0.0515. The van der Waals surface area contributed by atoms with Crippen molar-refractivity contribution < 1.29 is 14.3 Å². The topological polar surface area (TPSA) is 35.5 Å². The number of hydrogen-bond donors (Lipinski definition) is 0. The largest absolute Gasteiger partial charge is 0.467 e. The number of rotatable bonds is 5. The van der Waals surface area contributed by atoms with E-state index in [1.54, 1.807) is 25.3 Å². The molecule has 4 heteroatoms. The van der Waals surface area contributed by atoms with Crippen LogP contribution < -0.4 is 4.74 Å². The van der Waals surface area contributed by atoms with E-state index >= 15 is 0 Å². The maximum atomic E-state index is 11.1. The van der Waals surface area contributed by atoms with E-state index in [1.807, 2.05) is 24.3 Å². The Hall–Kier alpha value is -1.84. The maximum absolute atomic E-state index is 11.1.